The Kier molecular flexibility index (Phi) is 4.47. The van der Waals surface area contributed by atoms with Crippen LogP contribution < -0.4 is 10.2 Å². The molecular weight excluding hydrogens is 276 g/mol. The lowest BCUT2D eigenvalue weighted by molar-refractivity contribution is 0.101. The number of hydrogen-bond donors (Lipinski definition) is 1. The molecular formula is C14H14N2O3S. The number of carbonyl (C=O) groups is 2. The molecule has 1 aromatic heterocycles. The fourth-order valence-corrected chi connectivity index (χ4v) is 2.42. The van der Waals surface area contributed by atoms with E-state index in [1.165, 1.54) is 6.92 Å². The number of amides is 2. The van der Waals surface area contributed by atoms with E-state index in [1.54, 1.807) is 6.92 Å². The summed E-state index contributed by atoms with van der Waals surface area (Å²) in [4.78, 5) is 27.4. The summed E-state index contributed by atoms with van der Waals surface area (Å²) in [6.45, 7) is 3.52. The summed E-state index contributed by atoms with van der Waals surface area (Å²) >= 11 is 1.07. The summed E-state index contributed by atoms with van der Waals surface area (Å²) in [6, 6.07) is 9.04. The van der Waals surface area contributed by atoms with Crippen LogP contribution in [0.15, 0.2) is 39.7 Å². The number of rotatable bonds is 3. The number of ketones is 1. The highest BCUT2D eigenvalue weighted by Gasteiger charge is 2.10. The molecule has 1 N–H and O–H groups in total. The lowest BCUT2D eigenvalue weighted by Gasteiger charge is -2.00. The molecule has 0 saturated carbocycles. The monoisotopic (exact) mass is 290 g/mol. The summed E-state index contributed by atoms with van der Waals surface area (Å²) in [5.41, 5.74) is 0.986. The van der Waals surface area contributed by atoms with Gasteiger partial charge < -0.3 is 9.73 Å². The minimum Gasteiger partial charge on any atom is -0.434 e. The fraction of sp³-hybridized carbons (Fsp3) is 0.214. The van der Waals surface area contributed by atoms with Gasteiger partial charge in [-0.1, -0.05) is 41.7 Å². The fourth-order valence-electron chi connectivity index (χ4n) is 1.62. The second kappa shape index (κ2) is 6.29. The molecule has 5 nitrogen and oxygen atoms in total. The van der Waals surface area contributed by atoms with Crippen molar-refractivity contribution < 1.29 is 14.0 Å². The Morgan fingerprint density at radius 1 is 1.30 bits per heavy atom. The molecule has 104 valence electrons. The van der Waals surface area contributed by atoms with E-state index in [1.807, 2.05) is 30.3 Å². The van der Waals surface area contributed by atoms with Crippen molar-refractivity contribution in [1.82, 2.24) is 5.32 Å². The Bertz CT molecular complexity index is 686. The predicted octanol–water partition coefficient (Wildman–Crippen LogP) is 2.66. The van der Waals surface area contributed by atoms with Crippen molar-refractivity contribution in [2.75, 3.05) is 0 Å². The smallest absolute Gasteiger partial charge is 0.345 e. The van der Waals surface area contributed by atoms with E-state index in [0.29, 0.717) is 17.2 Å². The standard InChI is InChI=1S/C14H14N2O3S/c1-9(17)12-10(2)19-14(20-12)16-13(18)15-8-11-6-4-3-5-7-11/h3-7H,8H2,1-2H3,(H,15,18)/b16-14-. The van der Waals surface area contributed by atoms with Crippen LogP contribution in [0.25, 0.3) is 0 Å². The summed E-state index contributed by atoms with van der Waals surface area (Å²) in [5.74, 6) is 0.388. The van der Waals surface area contributed by atoms with Gasteiger partial charge in [-0.2, -0.15) is 0 Å². The van der Waals surface area contributed by atoms with Gasteiger partial charge in [0, 0.05) is 13.5 Å². The number of carbonyl (C=O) groups excluding carboxylic acids is 2. The summed E-state index contributed by atoms with van der Waals surface area (Å²) in [7, 11) is 0. The van der Waals surface area contributed by atoms with Gasteiger partial charge in [0.1, 0.15) is 10.6 Å². The predicted molar refractivity (Wildman–Crippen MR) is 75.6 cm³/mol. The Balaban J connectivity index is 2.05. The molecule has 2 aromatic rings. The van der Waals surface area contributed by atoms with Crippen LogP contribution in [-0.4, -0.2) is 11.8 Å². The van der Waals surface area contributed by atoms with E-state index in [2.05, 4.69) is 10.3 Å². The molecule has 2 amide bonds. The highest BCUT2D eigenvalue weighted by Crippen LogP contribution is 2.11. The molecule has 0 aliphatic heterocycles. The first-order valence-electron chi connectivity index (χ1n) is 6.04. The van der Waals surface area contributed by atoms with E-state index < -0.39 is 6.03 Å². The van der Waals surface area contributed by atoms with E-state index in [0.717, 1.165) is 16.9 Å². The Morgan fingerprint density at radius 2 is 2.00 bits per heavy atom. The van der Waals surface area contributed by atoms with Gasteiger partial charge in [0.15, 0.2) is 5.78 Å². The second-order valence-electron chi connectivity index (χ2n) is 4.17. The minimum atomic E-state index is -0.492. The van der Waals surface area contributed by atoms with Crippen molar-refractivity contribution in [1.29, 1.82) is 0 Å². The van der Waals surface area contributed by atoms with Crippen molar-refractivity contribution in [3.63, 3.8) is 0 Å². The molecule has 6 heteroatoms. The number of nitrogens with one attached hydrogen (secondary N) is 1. The third-order valence-corrected chi connectivity index (χ3v) is 3.68. The first-order valence-corrected chi connectivity index (χ1v) is 6.86. The molecule has 0 bridgehead atoms. The Morgan fingerprint density at radius 3 is 2.60 bits per heavy atom. The number of nitrogens with zero attached hydrogens (tertiary/aromatic N) is 1. The van der Waals surface area contributed by atoms with E-state index in [9.17, 15) is 9.59 Å². The van der Waals surface area contributed by atoms with Gasteiger partial charge >= 0.3 is 6.03 Å². The molecule has 0 atom stereocenters. The zero-order valence-electron chi connectivity index (χ0n) is 11.2. The normalized spacial score (nSPS) is 11.4. The number of benzene rings is 1. The van der Waals surface area contributed by atoms with Crippen LogP contribution in [-0.2, 0) is 6.54 Å². The van der Waals surface area contributed by atoms with Gasteiger partial charge in [-0.25, -0.2) is 4.79 Å². The lowest BCUT2D eigenvalue weighted by atomic mass is 10.2. The number of Topliss-reactive ketones (excluding diaryl/α,β-unsaturated/α-hetero) is 1. The lowest BCUT2D eigenvalue weighted by Crippen LogP contribution is -2.20. The van der Waals surface area contributed by atoms with Crippen LogP contribution in [0.4, 0.5) is 4.79 Å². The quantitative estimate of drug-likeness (QED) is 0.883. The molecule has 2 rings (SSSR count). The largest absolute Gasteiger partial charge is 0.434 e. The molecule has 0 unspecified atom stereocenters. The van der Waals surface area contributed by atoms with Gasteiger partial charge in [-0.15, -0.1) is 4.99 Å². The van der Waals surface area contributed by atoms with Crippen LogP contribution in [0, 0.1) is 6.92 Å². The first kappa shape index (κ1) is 14.2. The molecule has 0 aliphatic rings. The van der Waals surface area contributed by atoms with Crippen LogP contribution in [0.2, 0.25) is 0 Å². The van der Waals surface area contributed by atoms with Crippen molar-refractivity contribution in [2.24, 2.45) is 4.99 Å². The van der Waals surface area contributed by atoms with Crippen LogP contribution in [0.1, 0.15) is 27.9 Å². The van der Waals surface area contributed by atoms with Gasteiger partial charge in [-0.05, 0) is 12.5 Å². The van der Waals surface area contributed by atoms with Crippen molar-refractivity contribution >= 4 is 23.2 Å². The summed E-state index contributed by atoms with van der Waals surface area (Å²) in [6.07, 6.45) is 0. The third-order valence-electron chi connectivity index (χ3n) is 2.55. The summed E-state index contributed by atoms with van der Waals surface area (Å²) in [5, 5.41) is 2.66. The van der Waals surface area contributed by atoms with Gasteiger partial charge in [0.05, 0.1) is 0 Å². The van der Waals surface area contributed by atoms with Crippen molar-refractivity contribution in [3.8, 4) is 0 Å². The summed E-state index contributed by atoms with van der Waals surface area (Å²) < 4.78 is 5.27. The van der Waals surface area contributed by atoms with Crippen molar-refractivity contribution in [2.45, 2.75) is 20.4 Å². The van der Waals surface area contributed by atoms with Crippen LogP contribution in [0.3, 0.4) is 0 Å². The highest BCUT2D eigenvalue weighted by atomic mass is 32.1. The first-order chi connectivity index (χ1) is 9.56. The Hall–Kier alpha value is -2.21. The number of hydrogen-bond acceptors (Lipinski definition) is 4. The zero-order chi connectivity index (χ0) is 14.5. The number of urea groups is 1. The average Bonchev–Trinajstić information content (AvgIpc) is 2.78. The minimum absolute atomic E-state index is 0.0950. The molecule has 1 heterocycles. The topological polar surface area (TPSA) is 71.7 Å². The van der Waals surface area contributed by atoms with Gasteiger partial charge in [0.25, 0.3) is 4.87 Å². The molecule has 0 fully saturated rings. The van der Waals surface area contributed by atoms with Gasteiger partial charge in [-0.3, -0.25) is 4.79 Å². The Labute approximate surface area is 120 Å². The average molecular weight is 290 g/mol. The molecule has 0 spiro atoms. The molecule has 0 aliphatic carbocycles. The molecule has 20 heavy (non-hydrogen) atoms. The van der Waals surface area contributed by atoms with Crippen LogP contribution >= 0.6 is 11.3 Å². The van der Waals surface area contributed by atoms with Crippen LogP contribution in [0.5, 0.6) is 0 Å². The number of aryl methyl sites for hydroxylation is 1. The maximum Gasteiger partial charge on any atom is 0.345 e. The molecule has 0 saturated heterocycles. The maximum absolute atomic E-state index is 11.7. The molecule has 1 aromatic carbocycles. The van der Waals surface area contributed by atoms with Crippen molar-refractivity contribution in [3.05, 3.63) is 51.4 Å². The van der Waals surface area contributed by atoms with E-state index in [-0.39, 0.29) is 10.7 Å². The van der Waals surface area contributed by atoms with Gasteiger partial charge in [0.2, 0.25) is 0 Å². The SMILES string of the molecule is CC(=O)c1s/c(=N\C(=O)NCc2ccccc2)oc1C. The second-order valence-corrected chi connectivity index (χ2v) is 5.13. The van der Waals surface area contributed by atoms with E-state index >= 15 is 0 Å². The highest BCUT2D eigenvalue weighted by molar-refractivity contribution is 7.11. The maximum atomic E-state index is 11.7. The molecule has 0 radical (unpaired) electrons. The zero-order valence-corrected chi connectivity index (χ0v) is 12.0. The third kappa shape index (κ3) is 3.64. The van der Waals surface area contributed by atoms with E-state index in [4.69, 9.17) is 4.42 Å².